The summed E-state index contributed by atoms with van der Waals surface area (Å²) >= 11 is 0. The van der Waals surface area contributed by atoms with E-state index in [1.165, 1.54) is 0 Å². The summed E-state index contributed by atoms with van der Waals surface area (Å²) in [6.45, 7) is 3.91. The van der Waals surface area contributed by atoms with Crippen molar-refractivity contribution in [1.29, 1.82) is 0 Å². The zero-order valence-electron chi connectivity index (χ0n) is 15.1. The van der Waals surface area contributed by atoms with Crippen LogP contribution >= 0.6 is 0 Å². The van der Waals surface area contributed by atoms with Gasteiger partial charge in [0.2, 0.25) is 0 Å². The quantitative estimate of drug-likeness (QED) is 0.520. The molecule has 8 nitrogen and oxygen atoms in total. The smallest absolute Gasteiger partial charge is 0.321 e. The maximum absolute atomic E-state index is 12.0. The fraction of sp³-hybridized carbons (Fsp3) is 0.471. The van der Waals surface area contributed by atoms with E-state index in [0.717, 1.165) is 6.42 Å². The standard InChI is InChI=1S/C17H26N4O4/c1-5-12(2)18-17(24)20-16(23)11-21(3)10-15(22)19-13-6-8-14(25-4)9-7-13/h6-9,12H,5,10-11H2,1-4H3,(H,19,22)(H2,18,20,23,24)/p+1/t12-/m1/s1. The van der Waals surface area contributed by atoms with Crippen LogP contribution in [0.5, 0.6) is 5.75 Å². The molecule has 0 radical (unpaired) electrons. The molecule has 0 aliphatic carbocycles. The molecule has 1 unspecified atom stereocenters. The molecule has 4 amide bonds. The molecule has 1 rings (SSSR count). The second-order valence-corrected chi connectivity index (χ2v) is 5.92. The molecule has 25 heavy (non-hydrogen) atoms. The van der Waals surface area contributed by atoms with Crippen LogP contribution in [0.1, 0.15) is 20.3 Å². The van der Waals surface area contributed by atoms with Crippen molar-refractivity contribution in [3.05, 3.63) is 24.3 Å². The monoisotopic (exact) mass is 351 g/mol. The van der Waals surface area contributed by atoms with Crippen molar-refractivity contribution in [2.75, 3.05) is 32.6 Å². The SMILES string of the molecule is CC[C@@H](C)NC(=O)NC(=O)C[NH+](C)CC(=O)Nc1ccc(OC)cc1. The van der Waals surface area contributed by atoms with Gasteiger partial charge >= 0.3 is 6.03 Å². The average molecular weight is 351 g/mol. The predicted molar refractivity (Wildman–Crippen MR) is 94.7 cm³/mol. The molecule has 0 aromatic heterocycles. The number of carbonyl (C=O) groups is 3. The van der Waals surface area contributed by atoms with Crippen LogP contribution in [0.25, 0.3) is 0 Å². The van der Waals surface area contributed by atoms with E-state index in [0.29, 0.717) is 16.3 Å². The fourth-order valence-electron chi connectivity index (χ4n) is 2.02. The number of anilines is 1. The van der Waals surface area contributed by atoms with Gasteiger partial charge < -0.3 is 20.3 Å². The molecule has 0 spiro atoms. The number of nitrogens with one attached hydrogen (secondary N) is 4. The van der Waals surface area contributed by atoms with Crippen LogP contribution in [0.4, 0.5) is 10.5 Å². The van der Waals surface area contributed by atoms with Gasteiger partial charge in [0, 0.05) is 11.7 Å². The molecule has 2 atom stereocenters. The second kappa shape index (κ2) is 10.3. The summed E-state index contributed by atoms with van der Waals surface area (Å²) in [4.78, 5) is 36.0. The van der Waals surface area contributed by atoms with Gasteiger partial charge in [-0.25, -0.2) is 4.79 Å². The number of hydrogen-bond acceptors (Lipinski definition) is 4. The van der Waals surface area contributed by atoms with E-state index in [1.807, 2.05) is 13.8 Å². The Morgan fingerprint density at radius 2 is 1.72 bits per heavy atom. The van der Waals surface area contributed by atoms with E-state index in [1.54, 1.807) is 38.4 Å². The molecule has 1 aromatic carbocycles. The third kappa shape index (κ3) is 8.16. The summed E-state index contributed by atoms with van der Waals surface area (Å²) in [5.41, 5.74) is 0.649. The normalized spacial score (nSPS) is 12.6. The lowest BCUT2D eigenvalue weighted by atomic mass is 10.3. The molecule has 138 valence electrons. The lowest BCUT2D eigenvalue weighted by Gasteiger charge is -2.15. The summed E-state index contributed by atoms with van der Waals surface area (Å²) in [6, 6.07) is 6.43. The molecule has 0 heterocycles. The first-order valence-electron chi connectivity index (χ1n) is 8.19. The van der Waals surface area contributed by atoms with E-state index in [9.17, 15) is 14.4 Å². The summed E-state index contributed by atoms with van der Waals surface area (Å²) in [5, 5.41) is 7.65. The molecule has 0 saturated carbocycles. The molecule has 0 aliphatic heterocycles. The first-order chi connectivity index (χ1) is 11.8. The Labute approximate surface area is 147 Å². The van der Waals surface area contributed by atoms with Gasteiger partial charge in [0.15, 0.2) is 13.1 Å². The highest BCUT2D eigenvalue weighted by atomic mass is 16.5. The Morgan fingerprint density at radius 3 is 2.28 bits per heavy atom. The Morgan fingerprint density at radius 1 is 1.12 bits per heavy atom. The Hall–Kier alpha value is -2.61. The maximum Gasteiger partial charge on any atom is 0.321 e. The molecule has 4 N–H and O–H groups in total. The zero-order valence-corrected chi connectivity index (χ0v) is 15.1. The summed E-state index contributed by atoms with van der Waals surface area (Å²) in [5.74, 6) is 0.0446. The Kier molecular flexibility index (Phi) is 8.42. The molecule has 8 heteroatoms. The number of hydrogen-bond donors (Lipinski definition) is 4. The van der Waals surface area contributed by atoms with Gasteiger partial charge in [-0.1, -0.05) is 6.92 Å². The molecule has 0 aliphatic rings. The van der Waals surface area contributed by atoms with E-state index in [-0.39, 0.29) is 25.0 Å². The van der Waals surface area contributed by atoms with Crippen molar-refractivity contribution in [2.24, 2.45) is 0 Å². The number of rotatable bonds is 8. The number of methoxy groups -OCH3 is 1. The van der Waals surface area contributed by atoms with Crippen LogP contribution in [0.2, 0.25) is 0 Å². The first-order valence-corrected chi connectivity index (χ1v) is 8.19. The molecule has 0 fully saturated rings. The van der Waals surface area contributed by atoms with Crippen molar-refractivity contribution in [2.45, 2.75) is 26.3 Å². The molecule has 0 saturated heterocycles. The van der Waals surface area contributed by atoms with Gasteiger partial charge in [0.1, 0.15) is 5.75 Å². The van der Waals surface area contributed by atoms with Gasteiger partial charge in [-0.2, -0.15) is 0 Å². The minimum Gasteiger partial charge on any atom is -0.497 e. The maximum atomic E-state index is 12.0. The first kappa shape index (κ1) is 20.4. The molecular weight excluding hydrogens is 324 g/mol. The van der Waals surface area contributed by atoms with E-state index in [2.05, 4.69) is 16.0 Å². The number of quaternary nitrogens is 1. The van der Waals surface area contributed by atoms with Crippen molar-refractivity contribution in [1.82, 2.24) is 10.6 Å². The van der Waals surface area contributed by atoms with Gasteiger partial charge in [0.25, 0.3) is 11.8 Å². The van der Waals surface area contributed by atoms with E-state index >= 15 is 0 Å². The van der Waals surface area contributed by atoms with E-state index in [4.69, 9.17) is 4.74 Å². The highest BCUT2D eigenvalue weighted by molar-refractivity contribution is 5.95. The van der Waals surface area contributed by atoms with Crippen molar-refractivity contribution in [3.63, 3.8) is 0 Å². The molecule has 0 bridgehead atoms. The number of amides is 4. The average Bonchev–Trinajstić information content (AvgIpc) is 2.54. The van der Waals surface area contributed by atoms with Crippen LogP contribution in [0.3, 0.4) is 0 Å². The number of likely N-dealkylation sites (N-methyl/N-ethyl adjacent to an activating group) is 1. The topological polar surface area (TPSA) is 101 Å². The van der Waals surface area contributed by atoms with Crippen molar-refractivity contribution < 1.29 is 24.0 Å². The Bertz CT molecular complexity index is 589. The van der Waals surface area contributed by atoms with Crippen LogP contribution in [-0.4, -0.2) is 51.1 Å². The molecular formula is C17H27N4O4+. The van der Waals surface area contributed by atoms with E-state index < -0.39 is 11.9 Å². The van der Waals surface area contributed by atoms with Crippen LogP contribution in [0.15, 0.2) is 24.3 Å². The number of urea groups is 1. The molecule has 1 aromatic rings. The van der Waals surface area contributed by atoms with Gasteiger partial charge in [-0.05, 0) is 37.6 Å². The van der Waals surface area contributed by atoms with Crippen molar-refractivity contribution >= 4 is 23.5 Å². The number of ether oxygens (including phenoxy) is 1. The van der Waals surface area contributed by atoms with Crippen LogP contribution in [-0.2, 0) is 9.59 Å². The lowest BCUT2D eigenvalue weighted by molar-refractivity contribution is -0.862. The Balaban J connectivity index is 2.36. The number of carbonyl (C=O) groups excluding carboxylic acids is 3. The zero-order chi connectivity index (χ0) is 18.8. The highest BCUT2D eigenvalue weighted by Crippen LogP contribution is 2.14. The van der Waals surface area contributed by atoms with Crippen LogP contribution < -0.4 is 25.6 Å². The summed E-state index contributed by atoms with van der Waals surface area (Å²) in [6.07, 6.45) is 0.776. The van der Waals surface area contributed by atoms with Crippen LogP contribution in [0, 0.1) is 0 Å². The number of benzene rings is 1. The van der Waals surface area contributed by atoms with Crippen molar-refractivity contribution in [3.8, 4) is 5.75 Å². The second-order valence-electron chi connectivity index (χ2n) is 5.92. The van der Waals surface area contributed by atoms with Gasteiger partial charge in [-0.3, -0.25) is 14.9 Å². The minimum atomic E-state index is -0.519. The van der Waals surface area contributed by atoms with Gasteiger partial charge in [0.05, 0.1) is 14.2 Å². The summed E-state index contributed by atoms with van der Waals surface area (Å²) < 4.78 is 5.05. The minimum absolute atomic E-state index is 0.00634. The third-order valence-electron chi connectivity index (χ3n) is 3.54. The third-order valence-corrected chi connectivity index (χ3v) is 3.54. The lowest BCUT2D eigenvalue weighted by Crippen LogP contribution is -3.11. The van der Waals surface area contributed by atoms with Gasteiger partial charge in [-0.15, -0.1) is 0 Å². The number of imide groups is 1. The largest absolute Gasteiger partial charge is 0.497 e. The fourth-order valence-corrected chi connectivity index (χ4v) is 2.02. The summed E-state index contributed by atoms with van der Waals surface area (Å²) in [7, 11) is 3.28. The predicted octanol–water partition coefficient (Wildman–Crippen LogP) is -0.227. The highest BCUT2D eigenvalue weighted by Gasteiger charge is 2.16.